The predicted octanol–water partition coefficient (Wildman–Crippen LogP) is 5.02. The van der Waals surface area contributed by atoms with Crippen molar-refractivity contribution < 1.29 is 20.1 Å². The summed E-state index contributed by atoms with van der Waals surface area (Å²) >= 11 is 1.32. The molecule has 3 rings (SSSR count). The number of carboxylic acids is 1. The third kappa shape index (κ3) is 5.07. The van der Waals surface area contributed by atoms with Gasteiger partial charge in [-0.05, 0) is 87.2 Å². The van der Waals surface area contributed by atoms with E-state index in [1.807, 2.05) is 6.07 Å². The average molecular weight is 434 g/mol. The second kappa shape index (κ2) is 10.3. The van der Waals surface area contributed by atoms with Crippen LogP contribution in [-0.2, 0) is 6.42 Å². The van der Waals surface area contributed by atoms with Crippen molar-refractivity contribution >= 4 is 17.3 Å². The molecular formula is C24H35NO4S. The second-order valence-corrected chi connectivity index (χ2v) is 10.5. The highest BCUT2D eigenvalue weighted by Crippen LogP contribution is 2.48. The molecule has 0 radical (unpaired) electrons. The molecule has 30 heavy (non-hydrogen) atoms. The van der Waals surface area contributed by atoms with Crippen LogP contribution < -0.4 is 0 Å². The van der Waals surface area contributed by atoms with E-state index in [0.717, 1.165) is 62.7 Å². The summed E-state index contributed by atoms with van der Waals surface area (Å²) < 4.78 is 0. The van der Waals surface area contributed by atoms with E-state index in [1.165, 1.54) is 17.8 Å². The molecule has 5 nitrogen and oxygen atoms in total. The van der Waals surface area contributed by atoms with E-state index in [-0.39, 0.29) is 29.3 Å². The first-order valence-corrected chi connectivity index (χ1v) is 12.3. The number of hydrogen-bond acceptors (Lipinski definition) is 5. The van der Waals surface area contributed by atoms with Crippen molar-refractivity contribution in [1.82, 2.24) is 0 Å². The standard InChI is InChI=1S/C24H35NO4S/c1-2-24(12-5-13-24)22(27)9-4-8-19-18(16(15-25)14-20(19)26)7-3-6-17-10-11-21(30-17)23(28)29/h10-11,16,18-20,22,26-27H,2-9,12-14H2,1H3,(H,28,29)/t16?,18-,19?,20?,22?/m0/s1. The van der Waals surface area contributed by atoms with Crippen molar-refractivity contribution in [2.45, 2.75) is 89.8 Å². The van der Waals surface area contributed by atoms with Crippen molar-refractivity contribution in [3.63, 3.8) is 0 Å². The van der Waals surface area contributed by atoms with Crippen molar-refractivity contribution in [2.75, 3.05) is 0 Å². The normalized spacial score (nSPS) is 28.6. The molecule has 0 bridgehead atoms. The molecule has 2 aliphatic carbocycles. The van der Waals surface area contributed by atoms with Gasteiger partial charge in [0.05, 0.1) is 24.2 Å². The van der Waals surface area contributed by atoms with Crippen LogP contribution in [0.2, 0.25) is 0 Å². The summed E-state index contributed by atoms with van der Waals surface area (Å²) in [5.41, 5.74) is 0.123. The van der Waals surface area contributed by atoms with Crippen molar-refractivity contribution in [3.05, 3.63) is 21.9 Å². The Balaban J connectivity index is 1.50. The first-order chi connectivity index (χ1) is 14.4. The molecule has 1 heterocycles. The van der Waals surface area contributed by atoms with E-state index in [2.05, 4.69) is 13.0 Å². The van der Waals surface area contributed by atoms with Gasteiger partial charge >= 0.3 is 5.97 Å². The van der Waals surface area contributed by atoms with Gasteiger partial charge in [0.15, 0.2) is 0 Å². The van der Waals surface area contributed by atoms with E-state index < -0.39 is 12.1 Å². The minimum atomic E-state index is -0.885. The zero-order valence-electron chi connectivity index (χ0n) is 17.9. The van der Waals surface area contributed by atoms with Gasteiger partial charge in [-0.2, -0.15) is 5.26 Å². The van der Waals surface area contributed by atoms with Gasteiger partial charge in [0.1, 0.15) is 4.88 Å². The Labute approximate surface area is 183 Å². The fourth-order valence-electron chi connectivity index (χ4n) is 5.71. The summed E-state index contributed by atoms with van der Waals surface area (Å²) in [6.45, 7) is 2.17. The third-order valence-corrected chi connectivity index (χ3v) is 8.96. The van der Waals surface area contributed by atoms with Gasteiger partial charge in [0.2, 0.25) is 0 Å². The van der Waals surface area contributed by atoms with Crippen LogP contribution in [0.25, 0.3) is 0 Å². The van der Waals surface area contributed by atoms with Gasteiger partial charge in [-0.25, -0.2) is 4.79 Å². The molecule has 6 heteroatoms. The fourth-order valence-corrected chi connectivity index (χ4v) is 6.60. The third-order valence-electron chi connectivity index (χ3n) is 7.83. The molecule has 166 valence electrons. The lowest BCUT2D eigenvalue weighted by Crippen LogP contribution is -2.40. The van der Waals surface area contributed by atoms with Crippen LogP contribution in [0.3, 0.4) is 0 Å². The highest BCUT2D eigenvalue weighted by atomic mass is 32.1. The minimum absolute atomic E-state index is 0.110. The minimum Gasteiger partial charge on any atom is -0.477 e. The van der Waals surface area contributed by atoms with Crippen molar-refractivity contribution in [1.29, 1.82) is 5.26 Å². The number of aliphatic hydroxyl groups is 2. The van der Waals surface area contributed by atoms with Gasteiger partial charge in [-0.1, -0.05) is 19.8 Å². The van der Waals surface area contributed by atoms with Crippen molar-refractivity contribution in [2.24, 2.45) is 23.2 Å². The molecule has 5 atom stereocenters. The molecule has 1 aromatic heterocycles. The molecular weight excluding hydrogens is 398 g/mol. The highest BCUT2D eigenvalue weighted by Gasteiger charge is 2.43. The molecule has 0 aromatic carbocycles. The van der Waals surface area contributed by atoms with E-state index in [1.54, 1.807) is 6.07 Å². The van der Waals surface area contributed by atoms with Crippen LogP contribution in [0.1, 0.15) is 85.7 Å². The molecule has 2 saturated carbocycles. The second-order valence-electron chi connectivity index (χ2n) is 9.35. The number of rotatable bonds is 11. The molecule has 4 unspecified atom stereocenters. The molecule has 0 aliphatic heterocycles. The summed E-state index contributed by atoms with van der Waals surface area (Å²) in [6, 6.07) is 5.94. The van der Waals surface area contributed by atoms with Gasteiger partial charge < -0.3 is 15.3 Å². The molecule has 1 aromatic rings. The molecule has 0 spiro atoms. The Bertz CT molecular complexity index is 745. The molecule has 2 aliphatic rings. The molecule has 2 fully saturated rings. The summed E-state index contributed by atoms with van der Waals surface area (Å²) in [4.78, 5) is 12.5. The van der Waals surface area contributed by atoms with Crippen LogP contribution in [0, 0.1) is 34.5 Å². The maximum absolute atomic E-state index is 11.0. The lowest BCUT2D eigenvalue weighted by Gasteiger charge is -2.45. The Morgan fingerprint density at radius 1 is 1.30 bits per heavy atom. The summed E-state index contributed by atoms with van der Waals surface area (Å²) in [5.74, 6) is -0.686. The number of aryl methyl sites for hydroxylation is 1. The topological polar surface area (TPSA) is 102 Å². The molecule has 0 amide bonds. The van der Waals surface area contributed by atoms with E-state index in [9.17, 15) is 20.3 Å². The average Bonchev–Trinajstić information content (AvgIpc) is 3.27. The maximum Gasteiger partial charge on any atom is 0.345 e. The van der Waals surface area contributed by atoms with Crippen LogP contribution in [0.5, 0.6) is 0 Å². The van der Waals surface area contributed by atoms with Crippen LogP contribution >= 0.6 is 11.3 Å². The lowest BCUT2D eigenvalue weighted by atomic mass is 9.62. The highest BCUT2D eigenvalue weighted by molar-refractivity contribution is 7.13. The van der Waals surface area contributed by atoms with Crippen LogP contribution in [-0.4, -0.2) is 33.5 Å². The number of carbonyl (C=O) groups is 1. The smallest absolute Gasteiger partial charge is 0.345 e. The number of nitrogens with zero attached hydrogens (tertiary/aromatic N) is 1. The molecule has 3 N–H and O–H groups in total. The number of carboxylic acid groups (broad SMARTS) is 1. The van der Waals surface area contributed by atoms with Crippen molar-refractivity contribution in [3.8, 4) is 6.07 Å². The summed E-state index contributed by atoms with van der Waals surface area (Å²) in [6.07, 6.45) is 9.51. The fraction of sp³-hybridized carbons (Fsp3) is 0.750. The summed E-state index contributed by atoms with van der Waals surface area (Å²) in [7, 11) is 0. The predicted molar refractivity (Wildman–Crippen MR) is 117 cm³/mol. The number of aromatic carboxylic acids is 1. The largest absolute Gasteiger partial charge is 0.477 e. The quantitative estimate of drug-likeness (QED) is 0.455. The van der Waals surface area contributed by atoms with E-state index in [0.29, 0.717) is 11.3 Å². The van der Waals surface area contributed by atoms with Gasteiger partial charge in [0, 0.05) is 4.88 Å². The van der Waals surface area contributed by atoms with Gasteiger partial charge in [0.25, 0.3) is 0 Å². The Morgan fingerprint density at radius 3 is 2.60 bits per heavy atom. The van der Waals surface area contributed by atoms with Gasteiger partial charge in [-0.3, -0.25) is 0 Å². The Kier molecular flexibility index (Phi) is 7.95. The zero-order valence-corrected chi connectivity index (χ0v) is 18.7. The Morgan fingerprint density at radius 2 is 2.03 bits per heavy atom. The first-order valence-electron chi connectivity index (χ1n) is 11.5. The number of thiophene rings is 1. The van der Waals surface area contributed by atoms with E-state index >= 15 is 0 Å². The number of aliphatic hydroxyl groups excluding tert-OH is 2. The summed E-state index contributed by atoms with van der Waals surface area (Å²) in [5, 5.41) is 39.9. The zero-order chi connectivity index (χ0) is 21.7. The first kappa shape index (κ1) is 23.2. The number of hydrogen-bond donors (Lipinski definition) is 3. The maximum atomic E-state index is 11.0. The number of nitriles is 1. The molecule has 0 saturated heterocycles. The monoisotopic (exact) mass is 433 g/mol. The van der Waals surface area contributed by atoms with Gasteiger partial charge in [-0.15, -0.1) is 11.3 Å². The van der Waals surface area contributed by atoms with Crippen LogP contribution in [0.15, 0.2) is 12.1 Å². The Hall–Kier alpha value is -1.42. The lowest BCUT2D eigenvalue weighted by molar-refractivity contribution is -0.0444. The SMILES string of the molecule is CCC1(C(O)CCCC2C(O)CC(C#N)[C@@H]2CCCc2ccc(C(=O)O)s2)CCC1. The van der Waals surface area contributed by atoms with Crippen LogP contribution in [0.4, 0.5) is 0 Å². The van der Waals surface area contributed by atoms with E-state index in [4.69, 9.17) is 5.11 Å².